The van der Waals surface area contributed by atoms with E-state index in [-0.39, 0.29) is 47.0 Å². The summed E-state index contributed by atoms with van der Waals surface area (Å²) < 4.78 is 21.5. The number of methoxy groups -OCH3 is 3. The molecule has 1 aliphatic carbocycles. The van der Waals surface area contributed by atoms with Gasteiger partial charge < -0.3 is 45.5 Å². The van der Waals surface area contributed by atoms with Crippen molar-refractivity contribution < 1.29 is 48.3 Å². The van der Waals surface area contributed by atoms with Crippen molar-refractivity contribution in [2.24, 2.45) is 17.6 Å². The van der Waals surface area contributed by atoms with E-state index in [2.05, 4.69) is 10.6 Å². The molecule has 13 heteroatoms. The lowest BCUT2D eigenvalue weighted by molar-refractivity contribution is -0.120. The van der Waals surface area contributed by atoms with Crippen molar-refractivity contribution in [3.8, 4) is 0 Å². The Morgan fingerprint density at radius 2 is 1.86 bits per heavy atom. The summed E-state index contributed by atoms with van der Waals surface area (Å²) >= 11 is 0. The summed E-state index contributed by atoms with van der Waals surface area (Å²) in [7, 11) is 4.33. The molecule has 1 aliphatic heterocycles. The maximum absolute atomic E-state index is 13.6. The van der Waals surface area contributed by atoms with E-state index in [4.69, 9.17) is 24.7 Å². The second-order valence-electron chi connectivity index (χ2n) is 10.8. The van der Waals surface area contributed by atoms with Crippen molar-refractivity contribution in [1.82, 2.24) is 10.6 Å². The predicted octanol–water partition coefficient (Wildman–Crippen LogP) is 0.970. The Morgan fingerprint density at radius 3 is 2.45 bits per heavy atom. The number of rotatable bonds is 8. The van der Waals surface area contributed by atoms with Gasteiger partial charge in [-0.15, -0.1) is 0 Å². The average Bonchev–Trinajstić information content (AvgIpc) is 2.98. The van der Waals surface area contributed by atoms with Crippen molar-refractivity contribution in [1.29, 1.82) is 0 Å². The third kappa shape index (κ3) is 9.96. The van der Waals surface area contributed by atoms with Crippen LogP contribution in [0.25, 0.3) is 0 Å². The standard InChI is InChI=1S/C31H45N3O10/c1-17-12-21-26(33-10-11-41-4)23(36)15-22(28(21)38)34-30(39)18(2)8-7-9-24(42-5)29(44-31(32)40)20(16-35)14-19(3)27(37)25(13-17)43-6/h7-9,14-15,17,19,24-25,27,29,33,35,37H,10-13,16H2,1-6H3,(H2,32,40)(H,34,39)/b9-7-,18-8+,20-14+/t17-,19-,24-,25-,27+,29-/m0/s1. The number of ketones is 2. The van der Waals surface area contributed by atoms with Gasteiger partial charge in [-0.3, -0.25) is 14.4 Å². The first kappa shape index (κ1) is 36.6. The average molecular weight is 620 g/mol. The van der Waals surface area contributed by atoms with Gasteiger partial charge in [-0.25, -0.2) is 4.79 Å². The van der Waals surface area contributed by atoms with Crippen molar-refractivity contribution in [2.75, 3.05) is 41.1 Å². The van der Waals surface area contributed by atoms with Gasteiger partial charge in [-0.05, 0) is 31.3 Å². The molecule has 0 aromatic heterocycles. The van der Waals surface area contributed by atoms with Crippen molar-refractivity contribution >= 4 is 23.6 Å². The molecule has 6 atom stereocenters. The second-order valence-corrected chi connectivity index (χ2v) is 10.8. The minimum absolute atomic E-state index is 0.127. The number of hydrogen-bond donors (Lipinski definition) is 5. The number of nitrogens with one attached hydrogen (secondary N) is 2. The van der Waals surface area contributed by atoms with Crippen molar-refractivity contribution in [3.05, 3.63) is 58.5 Å². The molecule has 1 heterocycles. The molecule has 0 radical (unpaired) electrons. The third-order valence-corrected chi connectivity index (χ3v) is 7.45. The number of hydrogen-bond acceptors (Lipinski definition) is 11. The molecule has 0 unspecified atom stereocenters. The van der Waals surface area contributed by atoms with Gasteiger partial charge in [-0.2, -0.15) is 0 Å². The first-order valence-electron chi connectivity index (χ1n) is 14.3. The molecular weight excluding hydrogens is 574 g/mol. The number of carbonyl (C=O) groups is 4. The zero-order valence-electron chi connectivity index (χ0n) is 26.1. The van der Waals surface area contributed by atoms with Crippen LogP contribution >= 0.6 is 0 Å². The lowest BCUT2D eigenvalue weighted by atomic mass is 9.85. The molecule has 244 valence electrons. The third-order valence-electron chi connectivity index (χ3n) is 7.45. The largest absolute Gasteiger partial charge is 0.439 e. The summed E-state index contributed by atoms with van der Waals surface area (Å²) in [6.45, 7) is 5.13. The number of allylic oxidation sites excluding steroid dienone is 4. The molecule has 0 saturated heterocycles. The molecule has 2 rings (SSSR count). The maximum Gasteiger partial charge on any atom is 0.405 e. The number of ether oxygens (including phenoxy) is 4. The number of Topliss-reactive ketones (excluding diaryl/α,β-unsaturated/α-hetero) is 1. The maximum atomic E-state index is 13.6. The Bertz CT molecular complexity index is 1220. The second kappa shape index (κ2) is 17.6. The summed E-state index contributed by atoms with van der Waals surface area (Å²) in [5.74, 6) is -2.45. The summed E-state index contributed by atoms with van der Waals surface area (Å²) in [5.41, 5.74) is 5.91. The van der Waals surface area contributed by atoms with E-state index in [0.29, 0.717) is 13.0 Å². The minimum atomic E-state index is -1.15. The van der Waals surface area contributed by atoms with Crippen molar-refractivity contribution in [3.63, 3.8) is 0 Å². The molecule has 2 amide bonds. The first-order valence-corrected chi connectivity index (χ1v) is 14.3. The Kier molecular flexibility index (Phi) is 14.6. The van der Waals surface area contributed by atoms with Gasteiger partial charge in [0.15, 0.2) is 6.10 Å². The molecule has 0 aromatic carbocycles. The van der Waals surface area contributed by atoms with E-state index in [0.717, 1.165) is 6.08 Å². The zero-order valence-corrected chi connectivity index (χ0v) is 26.1. The minimum Gasteiger partial charge on any atom is -0.439 e. The van der Waals surface area contributed by atoms with Crippen LogP contribution in [0.4, 0.5) is 4.79 Å². The number of nitrogens with two attached hydrogens (primary N) is 1. The van der Waals surface area contributed by atoms with E-state index in [9.17, 15) is 29.4 Å². The molecular formula is C31H45N3O10. The number of fused-ring (bicyclic) bond motifs is 2. The fourth-order valence-electron chi connectivity index (χ4n) is 5.06. The lowest BCUT2D eigenvalue weighted by Gasteiger charge is -2.30. The lowest BCUT2D eigenvalue weighted by Crippen LogP contribution is -2.38. The van der Waals surface area contributed by atoms with E-state index < -0.39 is 60.5 Å². The van der Waals surface area contributed by atoms with Gasteiger partial charge in [0.2, 0.25) is 11.6 Å². The Balaban J connectivity index is 2.64. The Labute approximate surface area is 257 Å². The Morgan fingerprint density at radius 1 is 1.16 bits per heavy atom. The molecule has 2 bridgehead atoms. The van der Waals surface area contributed by atoms with Crippen LogP contribution in [0.15, 0.2) is 58.5 Å². The highest BCUT2D eigenvalue weighted by molar-refractivity contribution is 6.23. The van der Waals surface area contributed by atoms with Crippen LogP contribution in [0.5, 0.6) is 0 Å². The quantitative estimate of drug-likeness (QED) is 0.148. The molecule has 2 aliphatic rings. The van der Waals surface area contributed by atoms with Gasteiger partial charge in [-0.1, -0.05) is 38.2 Å². The highest BCUT2D eigenvalue weighted by Crippen LogP contribution is 2.28. The highest BCUT2D eigenvalue weighted by Gasteiger charge is 2.34. The van der Waals surface area contributed by atoms with E-state index in [1.165, 1.54) is 46.5 Å². The van der Waals surface area contributed by atoms with E-state index in [1.807, 2.05) is 6.92 Å². The van der Waals surface area contributed by atoms with E-state index in [1.54, 1.807) is 13.0 Å². The van der Waals surface area contributed by atoms with Gasteiger partial charge >= 0.3 is 6.09 Å². The fraction of sp³-hybridized carbons (Fsp3) is 0.548. The number of amides is 2. The van der Waals surface area contributed by atoms with Gasteiger partial charge in [0, 0.05) is 51.0 Å². The molecule has 0 aromatic rings. The molecule has 44 heavy (non-hydrogen) atoms. The normalized spacial score (nSPS) is 30.8. The molecule has 6 N–H and O–H groups in total. The summed E-state index contributed by atoms with van der Waals surface area (Å²) in [4.78, 5) is 51.5. The zero-order chi connectivity index (χ0) is 33.0. The highest BCUT2D eigenvalue weighted by atomic mass is 16.6. The predicted molar refractivity (Wildman–Crippen MR) is 161 cm³/mol. The summed E-state index contributed by atoms with van der Waals surface area (Å²) in [5, 5.41) is 27.0. The Hall–Kier alpha value is -3.62. The number of primary amides is 1. The van der Waals surface area contributed by atoms with Crippen LogP contribution in [0, 0.1) is 11.8 Å². The molecule has 0 saturated carbocycles. The summed E-state index contributed by atoms with van der Waals surface area (Å²) in [6, 6.07) is 0. The summed E-state index contributed by atoms with van der Waals surface area (Å²) in [6.07, 6.45) is 2.54. The van der Waals surface area contributed by atoms with Crippen molar-refractivity contribution in [2.45, 2.75) is 58.0 Å². The molecule has 13 nitrogen and oxygen atoms in total. The molecule has 0 spiro atoms. The fourth-order valence-corrected chi connectivity index (χ4v) is 5.06. The van der Waals surface area contributed by atoms with Crippen LogP contribution in [0.1, 0.15) is 33.6 Å². The van der Waals surface area contributed by atoms with Crippen LogP contribution in [-0.4, -0.2) is 99.3 Å². The van der Waals surface area contributed by atoms with Gasteiger partial charge in [0.25, 0.3) is 5.91 Å². The monoisotopic (exact) mass is 619 g/mol. The first-order chi connectivity index (χ1) is 20.9. The topological polar surface area (TPSA) is 196 Å². The SMILES string of the molecule is COCCNC1=C2C[C@H](C)C[C@H](OC)[C@H](O)[C@@H](C)/C=C(\CO)[C@H](OC(N)=O)[C@@H](OC)/C=C\C=C(/C)C(=O)NC(=CC1=O)C2=O. The van der Waals surface area contributed by atoms with Crippen LogP contribution in [-0.2, 0) is 33.3 Å². The van der Waals surface area contributed by atoms with E-state index >= 15 is 0 Å². The van der Waals surface area contributed by atoms with Gasteiger partial charge in [0.05, 0.1) is 36.8 Å². The van der Waals surface area contributed by atoms with Gasteiger partial charge in [0.1, 0.15) is 6.10 Å². The van der Waals surface area contributed by atoms with Crippen LogP contribution < -0.4 is 16.4 Å². The smallest absolute Gasteiger partial charge is 0.405 e. The number of carbonyl (C=O) groups excluding carboxylic acids is 4. The van der Waals surface area contributed by atoms with Crippen LogP contribution in [0.2, 0.25) is 0 Å². The number of aliphatic hydroxyl groups excluding tert-OH is 2. The molecule has 0 fully saturated rings. The van der Waals surface area contributed by atoms with Crippen LogP contribution in [0.3, 0.4) is 0 Å². The number of aliphatic hydroxyl groups is 2.